The van der Waals surface area contributed by atoms with Crippen LogP contribution >= 0.6 is 15.9 Å². The Hall–Kier alpha value is -1.67. The minimum Gasteiger partial charge on any atom is -0.481 e. The molecule has 0 saturated carbocycles. The Morgan fingerprint density at radius 2 is 2.30 bits per heavy atom. The number of aliphatic carboxylic acids is 1. The van der Waals surface area contributed by atoms with E-state index in [1.54, 1.807) is 0 Å². The third-order valence-electron chi connectivity index (χ3n) is 3.55. The smallest absolute Gasteiger partial charge is 0.305 e. The van der Waals surface area contributed by atoms with Crippen LogP contribution in [0.15, 0.2) is 22.7 Å². The molecule has 0 bridgehead atoms. The first-order valence-corrected chi connectivity index (χ1v) is 7.84. The quantitative estimate of drug-likeness (QED) is 0.777. The first kappa shape index (κ1) is 17.7. The molecule has 6 nitrogen and oxygen atoms in total. The van der Waals surface area contributed by atoms with Crippen LogP contribution in [0.2, 0.25) is 0 Å². The van der Waals surface area contributed by atoms with Crippen molar-refractivity contribution >= 4 is 27.8 Å². The molecular formula is C15H17BrFNO5. The van der Waals surface area contributed by atoms with Gasteiger partial charge in [-0.2, -0.15) is 0 Å². The fourth-order valence-electron chi connectivity index (χ4n) is 2.36. The van der Waals surface area contributed by atoms with E-state index in [1.807, 2.05) is 0 Å². The second-order valence-corrected chi connectivity index (χ2v) is 6.33. The SMILES string of the molecule is CC(Oc1ccc(F)cc1Br)C(=O)NC1(CC(=O)O)CCOC1. The third kappa shape index (κ3) is 4.65. The van der Waals surface area contributed by atoms with E-state index in [1.165, 1.54) is 25.1 Å². The molecule has 1 amide bonds. The number of halogens is 2. The number of ether oxygens (including phenoxy) is 2. The molecule has 1 aromatic carbocycles. The van der Waals surface area contributed by atoms with Gasteiger partial charge >= 0.3 is 5.97 Å². The Balaban J connectivity index is 2.02. The highest BCUT2D eigenvalue weighted by Gasteiger charge is 2.39. The lowest BCUT2D eigenvalue weighted by Crippen LogP contribution is -2.53. The zero-order valence-corrected chi connectivity index (χ0v) is 14.1. The van der Waals surface area contributed by atoms with E-state index >= 15 is 0 Å². The number of carbonyl (C=O) groups excluding carboxylic acids is 1. The van der Waals surface area contributed by atoms with Crippen molar-refractivity contribution in [2.75, 3.05) is 13.2 Å². The summed E-state index contributed by atoms with van der Waals surface area (Å²) in [6.07, 6.45) is -0.660. The van der Waals surface area contributed by atoms with Crippen molar-refractivity contribution in [2.24, 2.45) is 0 Å². The third-order valence-corrected chi connectivity index (χ3v) is 4.17. The van der Waals surface area contributed by atoms with Gasteiger partial charge in [0.05, 0.1) is 23.0 Å². The average molecular weight is 390 g/mol. The second kappa shape index (κ2) is 7.27. The van der Waals surface area contributed by atoms with Crippen molar-refractivity contribution in [2.45, 2.75) is 31.4 Å². The Bertz CT molecular complexity index is 604. The molecule has 2 N–H and O–H groups in total. The summed E-state index contributed by atoms with van der Waals surface area (Å²) in [4.78, 5) is 23.3. The summed E-state index contributed by atoms with van der Waals surface area (Å²) in [5.74, 6) is -1.56. The largest absolute Gasteiger partial charge is 0.481 e. The predicted molar refractivity (Wildman–Crippen MR) is 82.8 cm³/mol. The van der Waals surface area contributed by atoms with Gasteiger partial charge in [0.2, 0.25) is 0 Å². The van der Waals surface area contributed by atoms with E-state index < -0.39 is 29.3 Å². The number of hydrogen-bond acceptors (Lipinski definition) is 4. The van der Waals surface area contributed by atoms with Crippen LogP contribution in [0.25, 0.3) is 0 Å². The van der Waals surface area contributed by atoms with E-state index in [4.69, 9.17) is 14.6 Å². The lowest BCUT2D eigenvalue weighted by Gasteiger charge is -2.28. The van der Waals surface area contributed by atoms with Crippen LogP contribution in [0, 0.1) is 5.82 Å². The molecule has 1 aliphatic heterocycles. The molecule has 8 heteroatoms. The molecule has 1 saturated heterocycles. The van der Waals surface area contributed by atoms with Crippen molar-refractivity contribution in [3.63, 3.8) is 0 Å². The molecule has 1 heterocycles. The van der Waals surface area contributed by atoms with Crippen LogP contribution in [-0.4, -0.2) is 41.8 Å². The Morgan fingerprint density at radius 1 is 1.57 bits per heavy atom. The molecule has 2 rings (SSSR count). The monoisotopic (exact) mass is 389 g/mol. The van der Waals surface area contributed by atoms with Gasteiger partial charge in [0.1, 0.15) is 11.6 Å². The maximum Gasteiger partial charge on any atom is 0.305 e. The van der Waals surface area contributed by atoms with Crippen LogP contribution in [0.4, 0.5) is 4.39 Å². The molecule has 1 fully saturated rings. The van der Waals surface area contributed by atoms with Crippen molar-refractivity contribution in [1.29, 1.82) is 0 Å². The van der Waals surface area contributed by atoms with Crippen LogP contribution in [0.1, 0.15) is 19.8 Å². The first-order valence-electron chi connectivity index (χ1n) is 7.05. The van der Waals surface area contributed by atoms with Gasteiger partial charge in [-0.15, -0.1) is 0 Å². The van der Waals surface area contributed by atoms with Gasteiger partial charge in [-0.3, -0.25) is 9.59 Å². The lowest BCUT2D eigenvalue weighted by atomic mass is 9.94. The Labute approximate surface area is 141 Å². The number of nitrogens with one attached hydrogen (secondary N) is 1. The fraction of sp³-hybridized carbons (Fsp3) is 0.467. The number of carboxylic acid groups (broad SMARTS) is 1. The number of amides is 1. The Morgan fingerprint density at radius 3 is 2.87 bits per heavy atom. The van der Waals surface area contributed by atoms with E-state index in [2.05, 4.69) is 21.2 Å². The maximum absolute atomic E-state index is 13.1. The number of carboxylic acids is 1. The molecule has 23 heavy (non-hydrogen) atoms. The highest BCUT2D eigenvalue weighted by Crippen LogP contribution is 2.27. The van der Waals surface area contributed by atoms with Gasteiger partial charge in [0.25, 0.3) is 5.91 Å². The van der Waals surface area contributed by atoms with Crippen LogP contribution in [0.3, 0.4) is 0 Å². The highest BCUT2D eigenvalue weighted by atomic mass is 79.9. The van der Waals surface area contributed by atoms with Crippen molar-refractivity contribution in [3.05, 3.63) is 28.5 Å². The summed E-state index contributed by atoms with van der Waals surface area (Å²) < 4.78 is 24.2. The maximum atomic E-state index is 13.1. The van der Waals surface area contributed by atoms with Gasteiger partial charge in [-0.25, -0.2) is 4.39 Å². The summed E-state index contributed by atoms with van der Waals surface area (Å²) in [5.41, 5.74) is -0.916. The number of carbonyl (C=O) groups is 2. The van der Waals surface area contributed by atoms with E-state index in [0.717, 1.165) is 0 Å². The molecular weight excluding hydrogens is 373 g/mol. The molecule has 1 aromatic rings. The van der Waals surface area contributed by atoms with Crippen molar-refractivity contribution < 1.29 is 28.6 Å². The minimum atomic E-state index is -1.01. The van der Waals surface area contributed by atoms with Crippen LogP contribution in [0.5, 0.6) is 5.75 Å². The highest BCUT2D eigenvalue weighted by molar-refractivity contribution is 9.10. The molecule has 2 unspecified atom stereocenters. The lowest BCUT2D eigenvalue weighted by molar-refractivity contribution is -0.139. The number of benzene rings is 1. The Kier molecular flexibility index (Phi) is 5.59. The van der Waals surface area contributed by atoms with Crippen LogP contribution in [-0.2, 0) is 14.3 Å². The van der Waals surface area contributed by atoms with E-state index in [-0.39, 0.29) is 13.0 Å². The van der Waals surface area contributed by atoms with Gasteiger partial charge in [0, 0.05) is 6.61 Å². The fourth-order valence-corrected chi connectivity index (χ4v) is 2.80. The second-order valence-electron chi connectivity index (χ2n) is 5.48. The summed E-state index contributed by atoms with van der Waals surface area (Å²) in [7, 11) is 0. The van der Waals surface area contributed by atoms with Crippen molar-refractivity contribution in [1.82, 2.24) is 5.32 Å². The summed E-state index contributed by atoms with van der Waals surface area (Å²) in [6.45, 7) is 2.08. The molecule has 0 aliphatic carbocycles. The average Bonchev–Trinajstić information content (AvgIpc) is 2.89. The van der Waals surface area contributed by atoms with Crippen LogP contribution < -0.4 is 10.1 Å². The topological polar surface area (TPSA) is 84.9 Å². The molecule has 0 aromatic heterocycles. The molecule has 0 spiro atoms. The van der Waals surface area contributed by atoms with E-state index in [0.29, 0.717) is 23.2 Å². The summed E-state index contributed by atoms with van der Waals surface area (Å²) in [6, 6.07) is 3.87. The van der Waals surface area contributed by atoms with Gasteiger partial charge in [-0.05, 0) is 47.5 Å². The summed E-state index contributed by atoms with van der Waals surface area (Å²) >= 11 is 3.16. The molecule has 1 aliphatic rings. The normalized spacial score (nSPS) is 21.7. The minimum absolute atomic E-state index is 0.151. The van der Waals surface area contributed by atoms with E-state index in [9.17, 15) is 14.0 Å². The zero-order valence-electron chi connectivity index (χ0n) is 12.5. The number of hydrogen-bond donors (Lipinski definition) is 2. The first-order chi connectivity index (χ1) is 10.8. The standard InChI is InChI=1S/C15H17BrFNO5/c1-9(23-12-3-2-10(17)6-11(12)16)14(21)18-15(7-13(19)20)4-5-22-8-15/h2-3,6,9H,4-5,7-8H2,1H3,(H,18,21)(H,19,20). The molecule has 126 valence electrons. The predicted octanol–water partition coefficient (Wildman–Crippen LogP) is 2.11. The number of rotatable bonds is 6. The molecule has 2 atom stereocenters. The molecule has 0 radical (unpaired) electrons. The zero-order chi connectivity index (χ0) is 17.0. The van der Waals surface area contributed by atoms with Gasteiger partial charge in [-0.1, -0.05) is 0 Å². The summed E-state index contributed by atoms with van der Waals surface area (Å²) in [5, 5.41) is 11.7. The van der Waals surface area contributed by atoms with Gasteiger partial charge < -0.3 is 19.9 Å². The van der Waals surface area contributed by atoms with Gasteiger partial charge in [0.15, 0.2) is 6.10 Å². The van der Waals surface area contributed by atoms with Crippen molar-refractivity contribution in [3.8, 4) is 5.75 Å².